The van der Waals surface area contributed by atoms with E-state index in [-0.39, 0.29) is 19.8 Å². The van der Waals surface area contributed by atoms with Crippen LogP contribution in [0.4, 0.5) is 0 Å². The number of rotatable bonds is 10. The Labute approximate surface area is 98.8 Å². The minimum Gasteiger partial charge on any atom is -0.392 e. The first-order valence-corrected chi connectivity index (χ1v) is 6.32. The van der Waals surface area contributed by atoms with Crippen molar-refractivity contribution in [3.8, 4) is 0 Å². The molecule has 3 N–H and O–H groups in total. The van der Waals surface area contributed by atoms with E-state index >= 15 is 0 Å². The molecular formula is C13H26O3. The Kier molecular flexibility index (Phi) is 10.9. The molecule has 0 radical (unpaired) electrons. The van der Waals surface area contributed by atoms with Gasteiger partial charge in [0, 0.05) is 0 Å². The molecule has 0 aromatic heterocycles. The Bertz CT molecular complexity index is 182. The maximum atomic E-state index is 9.12. The van der Waals surface area contributed by atoms with E-state index in [0.717, 1.165) is 24.8 Å². The van der Waals surface area contributed by atoms with Crippen molar-refractivity contribution in [2.24, 2.45) is 0 Å². The molecule has 0 heterocycles. The van der Waals surface area contributed by atoms with Gasteiger partial charge in [-0.1, -0.05) is 39.0 Å². The summed E-state index contributed by atoms with van der Waals surface area (Å²) in [6.45, 7) is 1.84. The van der Waals surface area contributed by atoms with Crippen LogP contribution in [0.2, 0.25) is 0 Å². The second-order valence-electron chi connectivity index (χ2n) is 4.20. The SMILES string of the molecule is CCCCCCCCC(CO)=C(CO)CO. The fourth-order valence-corrected chi connectivity index (χ4v) is 1.76. The van der Waals surface area contributed by atoms with Crippen molar-refractivity contribution in [2.75, 3.05) is 19.8 Å². The number of aliphatic hydroxyl groups excluding tert-OH is 3. The Morgan fingerprint density at radius 1 is 0.688 bits per heavy atom. The first-order valence-electron chi connectivity index (χ1n) is 6.32. The third-order valence-electron chi connectivity index (χ3n) is 2.90. The zero-order valence-electron chi connectivity index (χ0n) is 10.4. The molecule has 16 heavy (non-hydrogen) atoms. The van der Waals surface area contributed by atoms with Gasteiger partial charge >= 0.3 is 0 Å². The van der Waals surface area contributed by atoms with E-state index in [2.05, 4.69) is 6.92 Å². The van der Waals surface area contributed by atoms with Crippen LogP contribution in [0.15, 0.2) is 11.1 Å². The smallest absolute Gasteiger partial charge is 0.0667 e. The molecule has 0 saturated carbocycles. The lowest BCUT2D eigenvalue weighted by molar-refractivity contribution is 0.264. The van der Waals surface area contributed by atoms with Crippen molar-refractivity contribution in [1.29, 1.82) is 0 Å². The summed E-state index contributed by atoms with van der Waals surface area (Å²) in [5.74, 6) is 0. The van der Waals surface area contributed by atoms with Gasteiger partial charge in [-0.3, -0.25) is 0 Å². The van der Waals surface area contributed by atoms with Crippen molar-refractivity contribution in [3.05, 3.63) is 11.1 Å². The summed E-state index contributed by atoms with van der Waals surface area (Å²) in [5, 5.41) is 27.1. The molecule has 3 nitrogen and oxygen atoms in total. The van der Waals surface area contributed by atoms with Crippen molar-refractivity contribution >= 4 is 0 Å². The summed E-state index contributed by atoms with van der Waals surface area (Å²) in [6.07, 6.45) is 8.04. The fraction of sp³-hybridized carbons (Fsp3) is 0.846. The van der Waals surface area contributed by atoms with Crippen molar-refractivity contribution in [3.63, 3.8) is 0 Å². The van der Waals surface area contributed by atoms with Crippen LogP contribution in [-0.4, -0.2) is 35.1 Å². The summed E-state index contributed by atoms with van der Waals surface area (Å²) in [4.78, 5) is 0. The van der Waals surface area contributed by atoms with Crippen LogP contribution in [0.1, 0.15) is 51.9 Å². The summed E-state index contributed by atoms with van der Waals surface area (Å²) in [5.41, 5.74) is 1.39. The number of hydrogen-bond acceptors (Lipinski definition) is 3. The fourth-order valence-electron chi connectivity index (χ4n) is 1.76. The molecule has 0 bridgehead atoms. The molecule has 0 fully saturated rings. The lowest BCUT2D eigenvalue weighted by Crippen LogP contribution is -2.05. The molecule has 0 aromatic carbocycles. The van der Waals surface area contributed by atoms with Gasteiger partial charge in [0.1, 0.15) is 0 Å². The van der Waals surface area contributed by atoms with Gasteiger partial charge in [-0.15, -0.1) is 0 Å². The third kappa shape index (κ3) is 6.99. The number of hydrogen-bond donors (Lipinski definition) is 3. The average Bonchev–Trinajstić information content (AvgIpc) is 2.32. The number of unbranched alkanes of at least 4 members (excludes halogenated alkanes) is 5. The molecule has 0 saturated heterocycles. The number of aliphatic hydroxyl groups is 3. The quantitative estimate of drug-likeness (QED) is 0.397. The Balaban J connectivity index is 3.75. The normalized spacial score (nSPS) is 10.5. The highest BCUT2D eigenvalue weighted by Gasteiger charge is 2.04. The topological polar surface area (TPSA) is 60.7 Å². The highest BCUT2D eigenvalue weighted by atomic mass is 16.3. The lowest BCUT2D eigenvalue weighted by atomic mass is 10.0. The molecule has 3 heteroatoms. The van der Waals surface area contributed by atoms with Crippen molar-refractivity contribution in [2.45, 2.75) is 51.9 Å². The summed E-state index contributed by atoms with van der Waals surface area (Å²) in [6, 6.07) is 0. The summed E-state index contributed by atoms with van der Waals surface area (Å²) < 4.78 is 0. The minimum atomic E-state index is -0.151. The van der Waals surface area contributed by atoms with Crippen LogP contribution in [0, 0.1) is 0 Å². The molecule has 96 valence electrons. The zero-order chi connectivity index (χ0) is 12.2. The van der Waals surface area contributed by atoms with Gasteiger partial charge in [-0.25, -0.2) is 0 Å². The maximum Gasteiger partial charge on any atom is 0.0667 e. The van der Waals surface area contributed by atoms with Crippen LogP contribution in [-0.2, 0) is 0 Å². The van der Waals surface area contributed by atoms with Crippen LogP contribution in [0.25, 0.3) is 0 Å². The van der Waals surface area contributed by atoms with E-state index in [4.69, 9.17) is 15.3 Å². The van der Waals surface area contributed by atoms with E-state index in [0.29, 0.717) is 5.57 Å². The second-order valence-corrected chi connectivity index (χ2v) is 4.20. The predicted molar refractivity (Wildman–Crippen MR) is 66.3 cm³/mol. The highest BCUT2D eigenvalue weighted by molar-refractivity contribution is 5.15. The molecule has 0 aromatic rings. The van der Waals surface area contributed by atoms with Gasteiger partial charge in [0.05, 0.1) is 19.8 Å². The molecule has 0 atom stereocenters. The highest BCUT2D eigenvalue weighted by Crippen LogP contribution is 2.14. The van der Waals surface area contributed by atoms with Gasteiger partial charge in [-0.05, 0) is 24.0 Å². The van der Waals surface area contributed by atoms with E-state index in [1.807, 2.05) is 0 Å². The molecule has 0 aliphatic carbocycles. The molecule has 0 aliphatic heterocycles. The van der Waals surface area contributed by atoms with E-state index in [9.17, 15) is 0 Å². The Morgan fingerprint density at radius 2 is 1.19 bits per heavy atom. The van der Waals surface area contributed by atoms with Gasteiger partial charge in [0.25, 0.3) is 0 Å². The first kappa shape index (κ1) is 15.6. The van der Waals surface area contributed by atoms with Crippen molar-refractivity contribution < 1.29 is 15.3 Å². The van der Waals surface area contributed by atoms with E-state index < -0.39 is 0 Å². The van der Waals surface area contributed by atoms with Crippen LogP contribution in [0.3, 0.4) is 0 Å². The first-order chi connectivity index (χ1) is 7.79. The molecule has 0 aliphatic rings. The van der Waals surface area contributed by atoms with Gasteiger partial charge in [-0.2, -0.15) is 0 Å². The Hall–Kier alpha value is -0.380. The van der Waals surface area contributed by atoms with Crippen LogP contribution in [0.5, 0.6) is 0 Å². The average molecular weight is 230 g/mol. The van der Waals surface area contributed by atoms with Crippen molar-refractivity contribution in [1.82, 2.24) is 0 Å². The molecular weight excluding hydrogens is 204 g/mol. The molecule has 0 amide bonds. The van der Waals surface area contributed by atoms with Crippen LogP contribution < -0.4 is 0 Å². The summed E-state index contributed by atoms with van der Waals surface area (Å²) in [7, 11) is 0. The maximum absolute atomic E-state index is 9.12. The summed E-state index contributed by atoms with van der Waals surface area (Å²) >= 11 is 0. The monoisotopic (exact) mass is 230 g/mol. The van der Waals surface area contributed by atoms with Gasteiger partial charge in [0.15, 0.2) is 0 Å². The van der Waals surface area contributed by atoms with Crippen LogP contribution >= 0.6 is 0 Å². The van der Waals surface area contributed by atoms with E-state index in [1.165, 1.54) is 25.7 Å². The Morgan fingerprint density at radius 3 is 1.69 bits per heavy atom. The molecule has 0 spiro atoms. The van der Waals surface area contributed by atoms with Gasteiger partial charge < -0.3 is 15.3 Å². The standard InChI is InChI=1S/C13H26O3/c1-2-3-4-5-6-7-8-12(9-14)13(10-15)11-16/h14-16H,2-11H2,1H3. The minimum absolute atomic E-state index is 0.0502. The zero-order valence-corrected chi connectivity index (χ0v) is 10.4. The largest absolute Gasteiger partial charge is 0.392 e. The molecule has 0 rings (SSSR count). The second kappa shape index (κ2) is 11.1. The predicted octanol–water partition coefficient (Wildman–Crippen LogP) is 2.01. The lowest BCUT2D eigenvalue weighted by Gasteiger charge is -2.09. The third-order valence-corrected chi connectivity index (χ3v) is 2.90. The molecule has 0 unspecified atom stereocenters. The van der Waals surface area contributed by atoms with Gasteiger partial charge in [0.2, 0.25) is 0 Å². The van der Waals surface area contributed by atoms with E-state index in [1.54, 1.807) is 0 Å².